The van der Waals surface area contributed by atoms with E-state index >= 15 is 0 Å². The molecule has 20 heavy (non-hydrogen) atoms. The molecule has 0 unspecified atom stereocenters. The molecule has 1 aliphatic heterocycles. The zero-order chi connectivity index (χ0) is 14.5. The van der Waals surface area contributed by atoms with Crippen molar-refractivity contribution in [1.29, 1.82) is 0 Å². The van der Waals surface area contributed by atoms with Crippen molar-refractivity contribution in [2.45, 2.75) is 58.6 Å². The van der Waals surface area contributed by atoms with Crippen molar-refractivity contribution in [3.63, 3.8) is 0 Å². The minimum Gasteiger partial charge on any atom is -0.378 e. The number of nitrogens with one attached hydrogen (secondary N) is 1. The third-order valence-electron chi connectivity index (χ3n) is 3.95. The number of hydrogen-bond donors (Lipinski definition) is 1. The van der Waals surface area contributed by atoms with Crippen molar-refractivity contribution in [1.82, 2.24) is 5.32 Å². The van der Waals surface area contributed by atoms with E-state index in [9.17, 15) is 4.79 Å². The highest BCUT2D eigenvalue weighted by atomic mass is 16.5. The molecule has 1 fully saturated rings. The Hall–Kier alpha value is -1.35. The van der Waals surface area contributed by atoms with Gasteiger partial charge in [-0.05, 0) is 58.1 Å². The van der Waals surface area contributed by atoms with Crippen LogP contribution in [0, 0.1) is 13.8 Å². The van der Waals surface area contributed by atoms with Gasteiger partial charge < -0.3 is 10.1 Å². The first kappa shape index (κ1) is 15.0. The van der Waals surface area contributed by atoms with Gasteiger partial charge >= 0.3 is 0 Å². The Morgan fingerprint density at radius 2 is 2.25 bits per heavy atom. The minimum absolute atomic E-state index is 0.0299. The quantitative estimate of drug-likeness (QED) is 0.894. The van der Waals surface area contributed by atoms with Gasteiger partial charge in [0.15, 0.2) is 0 Å². The number of ether oxygens (including phenoxy) is 1. The highest BCUT2D eigenvalue weighted by molar-refractivity contribution is 5.95. The summed E-state index contributed by atoms with van der Waals surface area (Å²) in [6.07, 6.45) is 4.75. The molecule has 1 heterocycles. The van der Waals surface area contributed by atoms with E-state index in [0.29, 0.717) is 6.10 Å². The molecule has 110 valence electrons. The van der Waals surface area contributed by atoms with Crippen LogP contribution in [0.25, 0.3) is 0 Å². The zero-order valence-electron chi connectivity index (χ0n) is 12.7. The lowest BCUT2D eigenvalue weighted by molar-refractivity contribution is 0.0899. The van der Waals surface area contributed by atoms with Crippen molar-refractivity contribution in [2.24, 2.45) is 0 Å². The molecule has 0 radical (unpaired) electrons. The summed E-state index contributed by atoms with van der Waals surface area (Å²) in [6, 6.07) is 6.13. The second-order valence-corrected chi connectivity index (χ2v) is 5.91. The van der Waals surface area contributed by atoms with Crippen LogP contribution in [-0.4, -0.2) is 24.7 Å². The third kappa shape index (κ3) is 4.07. The summed E-state index contributed by atoms with van der Waals surface area (Å²) in [6.45, 7) is 6.99. The first-order chi connectivity index (χ1) is 9.56. The second kappa shape index (κ2) is 6.89. The molecule has 1 aliphatic rings. The van der Waals surface area contributed by atoms with Crippen LogP contribution in [0.4, 0.5) is 0 Å². The van der Waals surface area contributed by atoms with Crippen molar-refractivity contribution in [2.75, 3.05) is 6.61 Å². The molecule has 3 nitrogen and oxygen atoms in total. The lowest BCUT2D eigenvalue weighted by Crippen LogP contribution is -2.33. The number of benzene rings is 1. The summed E-state index contributed by atoms with van der Waals surface area (Å²) in [7, 11) is 0. The monoisotopic (exact) mass is 275 g/mol. The Morgan fingerprint density at radius 3 is 2.90 bits per heavy atom. The molecule has 0 aromatic heterocycles. The highest BCUT2D eigenvalue weighted by Crippen LogP contribution is 2.18. The zero-order valence-corrected chi connectivity index (χ0v) is 12.7. The SMILES string of the molecule is Cc1ccc(C(=O)N[C@@H](C)CC[C@@H]2CCCO2)c(C)c1. The fourth-order valence-corrected chi connectivity index (χ4v) is 2.75. The molecule has 0 bridgehead atoms. The van der Waals surface area contributed by atoms with Gasteiger partial charge in [0.2, 0.25) is 0 Å². The molecule has 1 saturated heterocycles. The molecule has 2 atom stereocenters. The average molecular weight is 275 g/mol. The van der Waals surface area contributed by atoms with Crippen LogP contribution in [0.3, 0.4) is 0 Å². The summed E-state index contributed by atoms with van der Waals surface area (Å²) in [5.74, 6) is 0.0299. The van der Waals surface area contributed by atoms with E-state index in [2.05, 4.69) is 12.2 Å². The molecule has 2 rings (SSSR count). The van der Waals surface area contributed by atoms with Gasteiger partial charge in [-0.1, -0.05) is 17.7 Å². The largest absolute Gasteiger partial charge is 0.378 e. The molecule has 1 aromatic rings. The van der Waals surface area contributed by atoms with E-state index < -0.39 is 0 Å². The summed E-state index contributed by atoms with van der Waals surface area (Å²) < 4.78 is 5.61. The van der Waals surface area contributed by atoms with Crippen molar-refractivity contribution < 1.29 is 9.53 Å². The van der Waals surface area contributed by atoms with Crippen LogP contribution in [0.15, 0.2) is 18.2 Å². The van der Waals surface area contributed by atoms with Crippen LogP contribution in [0.5, 0.6) is 0 Å². The standard InChI is InChI=1S/C17H25NO2/c1-12-6-9-16(13(2)11-12)17(19)18-14(3)7-8-15-5-4-10-20-15/h6,9,11,14-15H,4-5,7-8,10H2,1-3H3,(H,18,19)/t14-,15-/m0/s1. The van der Waals surface area contributed by atoms with Crippen LogP contribution in [-0.2, 0) is 4.74 Å². The molecule has 0 aliphatic carbocycles. The number of carbonyl (C=O) groups is 1. The highest BCUT2D eigenvalue weighted by Gasteiger charge is 2.17. The van der Waals surface area contributed by atoms with Crippen LogP contribution in [0.1, 0.15) is 54.1 Å². The van der Waals surface area contributed by atoms with Gasteiger partial charge in [-0.2, -0.15) is 0 Å². The van der Waals surface area contributed by atoms with Gasteiger partial charge in [-0.25, -0.2) is 0 Å². The van der Waals surface area contributed by atoms with Crippen LogP contribution in [0.2, 0.25) is 0 Å². The predicted octanol–water partition coefficient (Wildman–Crippen LogP) is 3.38. The summed E-state index contributed by atoms with van der Waals surface area (Å²) in [5.41, 5.74) is 3.00. The molecular formula is C17H25NO2. The Labute approximate surface area is 121 Å². The first-order valence-corrected chi connectivity index (χ1v) is 7.56. The van der Waals surface area contributed by atoms with Gasteiger partial charge in [0.1, 0.15) is 0 Å². The topological polar surface area (TPSA) is 38.3 Å². The van der Waals surface area contributed by atoms with Gasteiger partial charge in [-0.3, -0.25) is 4.79 Å². The van der Waals surface area contributed by atoms with Crippen LogP contribution < -0.4 is 5.32 Å². The fourth-order valence-electron chi connectivity index (χ4n) is 2.75. The van der Waals surface area contributed by atoms with Crippen molar-refractivity contribution in [3.05, 3.63) is 34.9 Å². The van der Waals surface area contributed by atoms with E-state index in [1.54, 1.807) is 0 Å². The second-order valence-electron chi connectivity index (χ2n) is 5.91. The molecule has 0 saturated carbocycles. The summed E-state index contributed by atoms with van der Waals surface area (Å²) in [4.78, 5) is 12.2. The number of hydrogen-bond acceptors (Lipinski definition) is 2. The maximum Gasteiger partial charge on any atom is 0.251 e. The molecule has 3 heteroatoms. The number of carbonyl (C=O) groups excluding carboxylic acids is 1. The van der Waals surface area contributed by atoms with Gasteiger partial charge in [0.25, 0.3) is 5.91 Å². The van der Waals surface area contributed by atoms with E-state index in [1.807, 2.05) is 32.0 Å². The van der Waals surface area contributed by atoms with Gasteiger partial charge in [0, 0.05) is 18.2 Å². The smallest absolute Gasteiger partial charge is 0.251 e. The molecular weight excluding hydrogens is 250 g/mol. The third-order valence-corrected chi connectivity index (χ3v) is 3.95. The Morgan fingerprint density at radius 1 is 1.45 bits per heavy atom. The van der Waals surface area contributed by atoms with E-state index in [1.165, 1.54) is 12.0 Å². The van der Waals surface area contributed by atoms with Crippen molar-refractivity contribution >= 4 is 5.91 Å². The van der Waals surface area contributed by atoms with E-state index in [0.717, 1.165) is 37.0 Å². The summed E-state index contributed by atoms with van der Waals surface area (Å²) in [5, 5.41) is 3.09. The number of aryl methyl sites for hydroxylation is 2. The first-order valence-electron chi connectivity index (χ1n) is 7.56. The number of amides is 1. The molecule has 1 amide bonds. The lowest BCUT2D eigenvalue weighted by atomic mass is 10.0. The maximum atomic E-state index is 12.2. The predicted molar refractivity (Wildman–Crippen MR) is 81.1 cm³/mol. The Bertz CT molecular complexity index is 464. The number of rotatable bonds is 5. The van der Waals surface area contributed by atoms with E-state index in [-0.39, 0.29) is 11.9 Å². The average Bonchev–Trinajstić information content (AvgIpc) is 2.89. The minimum atomic E-state index is 0.0299. The Balaban J connectivity index is 1.83. The normalized spacial score (nSPS) is 19.9. The molecule has 0 spiro atoms. The Kier molecular flexibility index (Phi) is 5.18. The van der Waals surface area contributed by atoms with Gasteiger partial charge in [0.05, 0.1) is 6.10 Å². The van der Waals surface area contributed by atoms with E-state index in [4.69, 9.17) is 4.74 Å². The molecule has 1 aromatic carbocycles. The van der Waals surface area contributed by atoms with Gasteiger partial charge in [-0.15, -0.1) is 0 Å². The molecule has 1 N–H and O–H groups in total. The summed E-state index contributed by atoms with van der Waals surface area (Å²) >= 11 is 0. The van der Waals surface area contributed by atoms with Crippen molar-refractivity contribution in [3.8, 4) is 0 Å². The maximum absolute atomic E-state index is 12.2. The van der Waals surface area contributed by atoms with Crippen LogP contribution >= 0.6 is 0 Å². The fraction of sp³-hybridized carbons (Fsp3) is 0.588. The lowest BCUT2D eigenvalue weighted by Gasteiger charge is -2.17.